The fourth-order valence-electron chi connectivity index (χ4n) is 2.24. The molecule has 0 aromatic carbocycles. The molecule has 0 spiro atoms. The highest BCUT2D eigenvalue weighted by Crippen LogP contribution is 2.27. The molecule has 2 heterocycles. The maximum absolute atomic E-state index is 12.3. The maximum Gasteiger partial charge on any atom is 0.260 e. The third-order valence-electron chi connectivity index (χ3n) is 3.45. The molecule has 102 valence electrons. The van der Waals surface area contributed by atoms with Crippen molar-refractivity contribution in [3.8, 4) is 0 Å². The molecule has 1 aliphatic rings. The van der Waals surface area contributed by atoms with Crippen LogP contribution in [0, 0.1) is 12.8 Å². The van der Waals surface area contributed by atoms with Crippen molar-refractivity contribution in [1.82, 2.24) is 14.3 Å². The number of aromatic amines is 1. The molecular formula is C11H18BrN3O2S. The summed E-state index contributed by atoms with van der Waals surface area (Å²) < 4.78 is 26.2. The van der Waals surface area contributed by atoms with Gasteiger partial charge in [0.05, 0.1) is 6.20 Å². The van der Waals surface area contributed by atoms with Crippen molar-refractivity contribution >= 4 is 26.0 Å². The van der Waals surface area contributed by atoms with Crippen molar-refractivity contribution in [3.05, 3.63) is 12.0 Å². The first-order chi connectivity index (χ1) is 8.41. The van der Waals surface area contributed by atoms with Gasteiger partial charge < -0.3 is 4.98 Å². The Kier molecular flexibility index (Phi) is 4.13. The Morgan fingerprint density at radius 3 is 2.56 bits per heavy atom. The number of piperidine rings is 1. The van der Waals surface area contributed by atoms with Gasteiger partial charge >= 0.3 is 0 Å². The molecule has 0 saturated carbocycles. The molecule has 2 rings (SSSR count). The van der Waals surface area contributed by atoms with Crippen LogP contribution in [0.4, 0.5) is 0 Å². The number of halogens is 1. The Morgan fingerprint density at radius 1 is 1.50 bits per heavy atom. The minimum Gasteiger partial charge on any atom is -0.332 e. The van der Waals surface area contributed by atoms with Gasteiger partial charge in [0.1, 0.15) is 5.82 Å². The first kappa shape index (κ1) is 14.0. The minimum absolute atomic E-state index is 0.199. The van der Waals surface area contributed by atoms with Crippen molar-refractivity contribution in [3.63, 3.8) is 0 Å². The van der Waals surface area contributed by atoms with Crippen molar-refractivity contribution in [1.29, 1.82) is 0 Å². The topological polar surface area (TPSA) is 66.1 Å². The molecule has 1 aromatic rings. The average Bonchev–Trinajstić information content (AvgIpc) is 2.76. The second-order valence-corrected chi connectivity index (χ2v) is 8.10. The van der Waals surface area contributed by atoms with Gasteiger partial charge in [0, 0.05) is 17.9 Å². The summed E-state index contributed by atoms with van der Waals surface area (Å²) in [4.78, 5) is 7.19. The lowest BCUT2D eigenvalue weighted by Gasteiger charge is -2.32. The van der Waals surface area contributed by atoms with Gasteiger partial charge in [-0.05, 0) is 25.7 Å². The Labute approximate surface area is 116 Å². The number of hydrogen-bond acceptors (Lipinski definition) is 3. The van der Waals surface area contributed by atoms with E-state index in [1.807, 2.05) is 0 Å². The van der Waals surface area contributed by atoms with E-state index in [2.05, 4.69) is 32.8 Å². The van der Waals surface area contributed by atoms with Crippen molar-refractivity contribution in [2.75, 3.05) is 13.1 Å². The number of rotatable bonds is 3. The Morgan fingerprint density at radius 2 is 2.11 bits per heavy atom. The number of imidazole rings is 1. The van der Waals surface area contributed by atoms with Crippen LogP contribution in [0.5, 0.6) is 0 Å². The van der Waals surface area contributed by atoms with E-state index in [1.54, 1.807) is 11.2 Å². The van der Waals surface area contributed by atoms with Crippen LogP contribution in [0.3, 0.4) is 0 Å². The molecule has 1 N–H and O–H groups in total. The van der Waals surface area contributed by atoms with Crippen molar-refractivity contribution in [2.24, 2.45) is 5.92 Å². The second kappa shape index (κ2) is 5.30. The Hall–Kier alpha value is -0.400. The van der Waals surface area contributed by atoms with Crippen molar-refractivity contribution < 1.29 is 8.42 Å². The number of nitrogens with zero attached hydrogens (tertiary/aromatic N) is 2. The number of sulfonamides is 1. The van der Waals surface area contributed by atoms with Crippen LogP contribution in [0.15, 0.2) is 11.2 Å². The summed E-state index contributed by atoms with van der Waals surface area (Å²) >= 11 is 3.57. The summed E-state index contributed by atoms with van der Waals surface area (Å²) in [5.41, 5.74) is 0. The van der Waals surface area contributed by atoms with E-state index in [0.29, 0.717) is 29.7 Å². The molecule has 1 fully saturated rings. The molecule has 0 aliphatic carbocycles. The van der Waals surface area contributed by atoms with Crippen LogP contribution in [-0.4, -0.2) is 40.6 Å². The average molecular weight is 336 g/mol. The summed E-state index contributed by atoms with van der Waals surface area (Å²) in [7, 11) is -3.39. The molecule has 0 bridgehead atoms. The highest BCUT2D eigenvalue weighted by Gasteiger charge is 2.31. The van der Waals surface area contributed by atoms with Crippen molar-refractivity contribution in [2.45, 2.75) is 36.5 Å². The molecule has 5 nitrogen and oxygen atoms in total. The van der Waals surface area contributed by atoms with Crippen LogP contribution in [-0.2, 0) is 10.0 Å². The fraction of sp³-hybridized carbons (Fsp3) is 0.727. The molecule has 7 heteroatoms. The molecule has 18 heavy (non-hydrogen) atoms. The number of aromatic nitrogens is 2. The highest BCUT2D eigenvalue weighted by molar-refractivity contribution is 9.09. The van der Waals surface area contributed by atoms with Gasteiger partial charge in [-0.3, -0.25) is 0 Å². The monoisotopic (exact) mass is 335 g/mol. The first-order valence-corrected chi connectivity index (χ1v) is 8.42. The van der Waals surface area contributed by atoms with E-state index in [9.17, 15) is 8.42 Å². The normalized spacial score (nSPS) is 21.1. The molecule has 1 unspecified atom stereocenters. The Bertz CT molecular complexity index is 504. The molecular weight excluding hydrogens is 318 g/mol. The lowest BCUT2D eigenvalue weighted by molar-refractivity contribution is 0.274. The predicted octanol–water partition coefficient (Wildman–Crippen LogP) is 1.90. The summed E-state index contributed by atoms with van der Waals surface area (Å²) in [6, 6.07) is 0. The lowest BCUT2D eigenvalue weighted by atomic mass is 9.96. The van der Waals surface area contributed by atoms with Gasteiger partial charge in [-0.25, -0.2) is 13.4 Å². The van der Waals surface area contributed by atoms with Gasteiger partial charge in [-0.2, -0.15) is 4.31 Å². The number of H-pyrrole nitrogens is 1. The van der Waals surface area contributed by atoms with Gasteiger partial charge in [0.25, 0.3) is 10.0 Å². The zero-order chi connectivity index (χ0) is 13.3. The summed E-state index contributed by atoms with van der Waals surface area (Å²) in [6.07, 6.45) is 3.20. The van der Waals surface area contributed by atoms with Gasteiger partial charge in [-0.15, -0.1) is 0 Å². The third kappa shape index (κ3) is 2.78. The van der Waals surface area contributed by atoms with E-state index in [4.69, 9.17) is 0 Å². The van der Waals surface area contributed by atoms with Crippen LogP contribution in [0.25, 0.3) is 0 Å². The van der Waals surface area contributed by atoms with E-state index < -0.39 is 10.0 Å². The van der Waals surface area contributed by atoms with Crippen LogP contribution in [0.2, 0.25) is 0 Å². The number of hydrogen-bond donors (Lipinski definition) is 1. The predicted molar refractivity (Wildman–Crippen MR) is 73.2 cm³/mol. The van der Waals surface area contributed by atoms with Crippen LogP contribution in [0.1, 0.15) is 25.6 Å². The SMILES string of the molecule is Cc1ncc(S(=O)(=O)N2CCC(C(C)Br)CC2)[nH]1. The molecule has 0 amide bonds. The third-order valence-corrected chi connectivity index (χ3v) is 6.00. The highest BCUT2D eigenvalue weighted by atomic mass is 79.9. The fourth-order valence-corrected chi connectivity index (χ4v) is 4.20. The van der Waals surface area contributed by atoms with Gasteiger partial charge in [0.2, 0.25) is 0 Å². The number of aryl methyl sites for hydroxylation is 1. The number of nitrogens with one attached hydrogen (secondary N) is 1. The minimum atomic E-state index is -3.39. The zero-order valence-corrected chi connectivity index (χ0v) is 13.0. The Balaban J connectivity index is 2.09. The summed E-state index contributed by atoms with van der Waals surface area (Å²) in [6.45, 7) is 5.03. The lowest BCUT2D eigenvalue weighted by Crippen LogP contribution is -2.40. The van der Waals surface area contributed by atoms with E-state index in [1.165, 1.54) is 6.20 Å². The summed E-state index contributed by atoms with van der Waals surface area (Å²) in [5.74, 6) is 1.18. The van der Waals surface area contributed by atoms with E-state index in [0.717, 1.165) is 12.8 Å². The standard InChI is InChI=1S/C11H18BrN3O2S/c1-8(12)10-3-5-15(6-4-10)18(16,17)11-7-13-9(2)14-11/h7-8,10H,3-6H2,1-2H3,(H,13,14). The second-order valence-electron chi connectivity index (χ2n) is 4.75. The summed E-state index contributed by atoms with van der Waals surface area (Å²) in [5, 5.41) is 0.199. The van der Waals surface area contributed by atoms with Gasteiger partial charge in [0.15, 0.2) is 5.03 Å². The van der Waals surface area contributed by atoms with Gasteiger partial charge in [-0.1, -0.05) is 22.9 Å². The largest absolute Gasteiger partial charge is 0.332 e. The smallest absolute Gasteiger partial charge is 0.260 e. The van der Waals surface area contributed by atoms with E-state index in [-0.39, 0.29) is 5.03 Å². The number of alkyl halides is 1. The quantitative estimate of drug-likeness (QED) is 0.858. The molecule has 1 aliphatic heterocycles. The maximum atomic E-state index is 12.3. The molecule has 1 atom stereocenters. The zero-order valence-electron chi connectivity index (χ0n) is 10.6. The molecule has 0 radical (unpaired) electrons. The first-order valence-electron chi connectivity index (χ1n) is 6.07. The molecule has 1 aromatic heterocycles. The van der Waals surface area contributed by atoms with E-state index >= 15 is 0 Å². The molecule has 1 saturated heterocycles. The van der Waals surface area contributed by atoms with Crippen LogP contribution < -0.4 is 0 Å². The van der Waals surface area contributed by atoms with Crippen LogP contribution >= 0.6 is 15.9 Å².